The molecule has 4 aromatic rings. The van der Waals surface area contributed by atoms with E-state index >= 15 is 0 Å². The minimum atomic E-state index is 0.697. The third kappa shape index (κ3) is 2.21. The van der Waals surface area contributed by atoms with Crippen molar-refractivity contribution < 1.29 is 4.42 Å². The number of benzene rings is 2. The van der Waals surface area contributed by atoms with Gasteiger partial charge in [0, 0.05) is 41.0 Å². The molecule has 0 aliphatic carbocycles. The number of rotatable bonds is 3. The molecule has 0 radical (unpaired) electrons. The van der Waals surface area contributed by atoms with E-state index in [9.17, 15) is 0 Å². The van der Waals surface area contributed by atoms with Gasteiger partial charge in [0.1, 0.15) is 17.5 Å². The molecule has 0 aliphatic rings. The fraction of sp³-hybridized carbons (Fsp3) is 0.0588. The van der Waals surface area contributed by atoms with Crippen LogP contribution in [0.4, 0.5) is 5.69 Å². The lowest BCUT2D eigenvalue weighted by Gasteiger charge is -2.05. The van der Waals surface area contributed by atoms with Gasteiger partial charge in [-0.3, -0.25) is 0 Å². The Bertz CT molecular complexity index is 900. The largest absolute Gasteiger partial charge is 0.456 e. The van der Waals surface area contributed by atoms with E-state index in [2.05, 4.69) is 27.4 Å². The Kier molecular flexibility index (Phi) is 2.78. The first kappa shape index (κ1) is 11.9. The van der Waals surface area contributed by atoms with Crippen molar-refractivity contribution in [3.63, 3.8) is 0 Å². The molecule has 4 heteroatoms. The first-order chi connectivity index (χ1) is 10.4. The Labute approximate surface area is 121 Å². The summed E-state index contributed by atoms with van der Waals surface area (Å²) in [5, 5.41) is 5.65. The van der Waals surface area contributed by atoms with Crippen molar-refractivity contribution in [1.29, 1.82) is 0 Å². The van der Waals surface area contributed by atoms with E-state index in [-0.39, 0.29) is 0 Å². The van der Waals surface area contributed by atoms with Crippen LogP contribution in [-0.4, -0.2) is 9.97 Å². The third-order valence-corrected chi connectivity index (χ3v) is 3.49. The van der Waals surface area contributed by atoms with Crippen LogP contribution in [-0.2, 0) is 6.54 Å². The maximum atomic E-state index is 5.82. The second-order valence-corrected chi connectivity index (χ2v) is 4.91. The van der Waals surface area contributed by atoms with Crippen molar-refractivity contribution in [2.45, 2.75) is 6.54 Å². The number of aromatic nitrogens is 2. The molecule has 0 bridgehead atoms. The highest BCUT2D eigenvalue weighted by Crippen LogP contribution is 2.30. The Morgan fingerprint density at radius 1 is 0.905 bits per heavy atom. The van der Waals surface area contributed by atoms with Crippen molar-refractivity contribution >= 4 is 27.6 Å². The maximum Gasteiger partial charge on any atom is 0.135 e. The van der Waals surface area contributed by atoms with Gasteiger partial charge in [-0.25, -0.2) is 9.97 Å². The quantitative estimate of drug-likeness (QED) is 0.614. The molecule has 0 saturated heterocycles. The molecule has 0 amide bonds. The van der Waals surface area contributed by atoms with Crippen LogP contribution in [0.2, 0.25) is 0 Å². The first-order valence-electron chi connectivity index (χ1n) is 6.79. The van der Waals surface area contributed by atoms with Crippen LogP contribution < -0.4 is 5.32 Å². The number of hydrogen-bond donors (Lipinski definition) is 1. The van der Waals surface area contributed by atoms with Crippen LogP contribution >= 0.6 is 0 Å². The summed E-state index contributed by atoms with van der Waals surface area (Å²) in [4.78, 5) is 8.03. The van der Waals surface area contributed by atoms with Crippen molar-refractivity contribution in [3.8, 4) is 0 Å². The van der Waals surface area contributed by atoms with Gasteiger partial charge in [-0.15, -0.1) is 0 Å². The molecule has 0 fully saturated rings. The molecule has 2 aromatic heterocycles. The Hall–Kier alpha value is -2.88. The highest BCUT2D eigenvalue weighted by atomic mass is 16.3. The van der Waals surface area contributed by atoms with E-state index in [4.69, 9.17) is 4.42 Å². The van der Waals surface area contributed by atoms with Gasteiger partial charge in [0.25, 0.3) is 0 Å². The summed E-state index contributed by atoms with van der Waals surface area (Å²) >= 11 is 0. The van der Waals surface area contributed by atoms with Crippen molar-refractivity contribution in [2.24, 2.45) is 0 Å². The van der Waals surface area contributed by atoms with Gasteiger partial charge in [0.15, 0.2) is 0 Å². The lowest BCUT2D eigenvalue weighted by atomic mass is 10.1. The minimum Gasteiger partial charge on any atom is -0.456 e. The molecule has 2 heterocycles. The van der Waals surface area contributed by atoms with Crippen molar-refractivity contribution in [2.75, 3.05) is 5.32 Å². The lowest BCUT2D eigenvalue weighted by Crippen LogP contribution is -1.99. The normalized spacial score (nSPS) is 11.0. The zero-order valence-electron chi connectivity index (χ0n) is 11.3. The third-order valence-electron chi connectivity index (χ3n) is 3.49. The number of nitrogens with zero attached hydrogens (tertiary/aromatic N) is 2. The second-order valence-electron chi connectivity index (χ2n) is 4.91. The summed E-state index contributed by atoms with van der Waals surface area (Å²) < 4.78 is 5.82. The number of fused-ring (bicyclic) bond motifs is 3. The van der Waals surface area contributed by atoms with Crippen LogP contribution in [0, 0.1) is 0 Å². The van der Waals surface area contributed by atoms with Crippen LogP contribution in [0.25, 0.3) is 21.9 Å². The van der Waals surface area contributed by atoms with E-state index < -0.39 is 0 Å². The second kappa shape index (κ2) is 4.90. The van der Waals surface area contributed by atoms with Crippen LogP contribution in [0.15, 0.2) is 65.6 Å². The Morgan fingerprint density at radius 2 is 1.71 bits per heavy atom. The molecule has 0 saturated carbocycles. The average Bonchev–Trinajstić information content (AvgIpc) is 2.92. The zero-order chi connectivity index (χ0) is 14.1. The molecule has 0 unspecified atom stereocenters. The first-order valence-corrected chi connectivity index (χ1v) is 6.79. The fourth-order valence-electron chi connectivity index (χ4n) is 2.46. The Balaban J connectivity index is 1.68. The molecule has 1 N–H and O–H groups in total. The smallest absolute Gasteiger partial charge is 0.135 e. The van der Waals surface area contributed by atoms with Crippen molar-refractivity contribution in [1.82, 2.24) is 9.97 Å². The molecule has 2 aromatic carbocycles. The number of para-hydroxylation sites is 1. The Morgan fingerprint density at radius 3 is 2.62 bits per heavy atom. The highest BCUT2D eigenvalue weighted by Gasteiger charge is 2.06. The predicted molar refractivity (Wildman–Crippen MR) is 83.1 cm³/mol. The molecule has 0 spiro atoms. The minimum absolute atomic E-state index is 0.697. The van der Waals surface area contributed by atoms with E-state index in [0.717, 1.165) is 33.2 Å². The summed E-state index contributed by atoms with van der Waals surface area (Å²) in [5.74, 6) is 0. The molecule has 4 rings (SSSR count). The lowest BCUT2D eigenvalue weighted by molar-refractivity contribution is 0.669. The molecule has 0 aliphatic heterocycles. The summed E-state index contributed by atoms with van der Waals surface area (Å²) in [6.45, 7) is 0.697. The van der Waals surface area contributed by atoms with Crippen LogP contribution in [0.5, 0.6) is 0 Å². The molecule has 102 valence electrons. The summed E-state index contributed by atoms with van der Waals surface area (Å²) in [6.07, 6.45) is 5.16. The zero-order valence-corrected chi connectivity index (χ0v) is 11.3. The number of anilines is 1. The van der Waals surface area contributed by atoms with Crippen LogP contribution in [0.3, 0.4) is 0 Å². The van der Waals surface area contributed by atoms with Gasteiger partial charge in [-0.2, -0.15) is 0 Å². The van der Waals surface area contributed by atoms with Crippen LogP contribution in [0.1, 0.15) is 5.56 Å². The molecule has 0 atom stereocenters. The fourth-order valence-corrected chi connectivity index (χ4v) is 2.46. The number of furan rings is 1. The summed E-state index contributed by atoms with van der Waals surface area (Å²) in [5.41, 5.74) is 3.93. The SMILES string of the molecule is c1ccc2c(c1)oc1ccc(NCc3cncnc3)cc12. The van der Waals surface area contributed by atoms with Gasteiger partial charge < -0.3 is 9.73 Å². The topological polar surface area (TPSA) is 51.0 Å². The monoisotopic (exact) mass is 275 g/mol. The maximum absolute atomic E-state index is 5.82. The standard InChI is InChI=1S/C17H13N3O/c1-2-4-16-14(3-1)15-7-13(5-6-17(15)21-16)20-10-12-8-18-11-19-9-12/h1-9,11,20H,10H2. The van der Waals surface area contributed by atoms with Gasteiger partial charge in [0.05, 0.1) is 0 Å². The number of nitrogens with one attached hydrogen (secondary N) is 1. The summed E-state index contributed by atoms with van der Waals surface area (Å²) in [7, 11) is 0. The van der Waals surface area contributed by atoms with Gasteiger partial charge in [-0.1, -0.05) is 18.2 Å². The van der Waals surface area contributed by atoms with E-state index in [1.807, 2.05) is 42.7 Å². The predicted octanol–water partition coefficient (Wildman–Crippen LogP) is 3.99. The highest BCUT2D eigenvalue weighted by molar-refractivity contribution is 6.05. The van der Waals surface area contributed by atoms with Gasteiger partial charge >= 0.3 is 0 Å². The molecular formula is C17H13N3O. The van der Waals surface area contributed by atoms with Gasteiger partial charge in [0.2, 0.25) is 0 Å². The van der Waals surface area contributed by atoms with E-state index in [1.54, 1.807) is 0 Å². The summed E-state index contributed by atoms with van der Waals surface area (Å²) in [6, 6.07) is 14.2. The molecule has 4 nitrogen and oxygen atoms in total. The number of hydrogen-bond acceptors (Lipinski definition) is 4. The molecule has 21 heavy (non-hydrogen) atoms. The average molecular weight is 275 g/mol. The van der Waals surface area contributed by atoms with Gasteiger partial charge in [-0.05, 0) is 24.3 Å². The van der Waals surface area contributed by atoms with E-state index in [1.165, 1.54) is 6.33 Å². The molecular weight excluding hydrogens is 262 g/mol. The van der Waals surface area contributed by atoms with Crippen molar-refractivity contribution in [3.05, 3.63) is 66.7 Å². The van der Waals surface area contributed by atoms with E-state index in [0.29, 0.717) is 6.54 Å².